The summed E-state index contributed by atoms with van der Waals surface area (Å²) in [6, 6.07) is 2.38. The van der Waals surface area contributed by atoms with Crippen molar-refractivity contribution in [1.82, 2.24) is 9.97 Å². The number of nitrogens with zero attached hydrogens (tertiary/aromatic N) is 2. The number of rotatable bonds is 6. The lowest BCUT2D eigenvalue weighted by atomic mass is 9.96. The molecule has 19 heavy (non-hydrogen) atoms. The number of aromatic nitrogens is 2. The standard InChI is InChI=1S/C14H26N4S/c1-10(7-8-19-6)16-12-9-11(15-5)17-13(18-12)14(2,3)4/h9-10H,7-8H2,1-6H3,(H2,15,16,17,18). The van der Waals surface area contributed by atoms with Crippen LogP contribution in [0.15, 0.2) is 6.07 Å². The molecule has 1 atom stereocenters. The molecule has 0 saturated heterocycles. The minimum Gasteiger partial charge on any atom is -0.373 e. The molecular weight excluding hydrogens is 256 g/mol. The van der Waals surface area contributed by atoms with E-state index < -0.39 is 0 Å². The zero-order chi connectivity index (χ0) is 14.5. The quantitative estimate of drug-likeness (QED) is 0.838. The topological polar surface area (TPSA) is 49.8 Å². The summed E-state index contributed by atoms with van der Waals surface area (Å²) in [5, 5.41) is 6.56. The SMILES string of the molecule is CNc1cc(NC(C)CCSC)nc(C(C)(C)C)n1. The Balaban J connectivity index is 2.88. The Bertz CT molecular complexity index is 401. The van der Waals surface area contributed by atoms with Crippen LogP contribution in [0.25, 0.3) is 0 Å². The van der Waals surface area contributed by atoms with E-state index in [-0.39, 0.29) is 5.41 Å². The van der Waals surface area contributed by atoms with Gasteiger partial charge in [0.25, 0.3) is 0 Å². The van der Waals surface area contributed by atoms with Crippen LogP contribution in [0.1, 0.15) is 39.9 Å². The van der Waals surface area contributed by atoms with Gasteiger partial charge in [-0.05, 0) is 25.4 Å². The highest BCUT2D eigenvalue weighted by atomic mass is 32.2. The molecule has 108 valence electrons. The Morgan fingerprint density at radius 2 is 1.89 bits per heavy atom. The summed E-state index contributed by atoms with van der Waals surface area (Å²) < 4.78 is 0. The maximum absolute atomic E-state index is 4.63. The molecule has 0 fully saturated rings. The average Bonchev–Trinajstić information content (AvgIpc) is 2.34. The Kier molecular flexibility index (Phi) is 5.91. The molecule has 0 aliphatic rings. The zero-order valence-electron chi connectivity index (χ0n) is 12.9. The summed E-state index contributed by atoms with van der Waals surface area (Å²) in [7, 11) is 1.88. The number of hydrogen-bond donors (Lipinski definition) is 2. The van der Waals surface area contributed by atoms with Gasteiger partial charge in [0.05, 0.1) is 0 Å². The highest BCUT2D eigenvalue weighted by molar-refractivity contribution is 7.98. The van der Waals surface area contributed by atoms with Crippen molar-refractivity contribution in [2.45, 2.75) is 45.6 Å². The monoisotopic (exact) mass is 282 g/mol. The van der Waals surface area contributed by atoms with Gasteiger partial charge in [0.1, 0.15) is 17.5 Å². The van der Waals surface area contributed by atoms with E-state index in [1.54, 1.807) is 0 Å². The van der Waals surface area contributed by atoms with Crippen molar-refractivity contribution in [1.29, 1.82) is 0 Å². The third kappa shape index (κ3) is 5.27. The van der Waals surface area contributed by atoms with E-state index in [9.17, 15) is 0 Å². The lowest BCUT2D eigenvalue weighted by Gasteiger charge is -2.20. The summed E-state index contributed by atoms with van der Waals surface area (Å²) in [5.41, 5.74) is -0.0498. The van der Waals surface area contributed by atoms with Gasteiger partial charge in [-0.2, -0.15) is 11.8 Å². The van der Waals surface area contributed by atoms with Crippen LogP contribution in [0.2, 0.25) is 0 Å². The molecule has 0 aliphatic heterocycles. The first kappa shape index (κ1) is 16.1. The molecule has 1 heterocycles. The Morgan fingerprint density at radius 3 is 2.42 bits per heavy atom. The minimum absolute atomic E-state index is 0.0498. The molecule has 1 rings (SSSR count). The van der Waals surface area contributed by atoms with E-state index in [1.807, 2.05) is 24.9 Å². The van der Waals surface area contributed by atoms with Gasteiger partial charge in [-0.3, -0.25) is 0 Å². The second kappa shape index (κ2) is 6.98. The fourth-order valence-corrected chi connectivity index (χ4v) is 2.19. The Labute approximate surface area is 121 Å². The molecule has 1 unspecified atom stereocenters. The van der Waals surface area contributed by atoms with Gasteiger partial charge in [0, 0.05) is 24.6 Å². The lowest BCUT2D eigenvalue weighted by molar-refractivity contribution is 0.546. The van der Waals surface area contributed by atoms with Gasteiger partial charge in [-0.25, -0.2) is 9.97 Å². The Hall–Kier alpha value is -0.970. The van der Waals surface area contributed by atoms with Gasteiger partial charge >= 0.3 is 0 Å². The molecule has 0 aliphatic carbocycles. The summed E-state index contributed by atoms with van der Waals surface area (Å²) in [4.78, 5) is 9.16. The van der Waals surface area contributed by atoms with Crippen LogP contribution >= 0.6 is 11.8 Å². The first-order valence-corrected chi connectivity index (χ1v) is 8.09. The molecule has 0 radical (unpaired) electrons. The number of nitrogens with one attached hydrogen (secondary N) is 2. The number of anilines is 2. The molecule has 0 bridgehead atoms. The highest BCUT2D eigenvalue weighted by Crippen LogP contribution is 2.22. The molecule has 0 aromatic carbocycles. The van der Waals surface area contributed by atoms with Crippen LogP contribution in [0, 0.1) is 0 Å². The van der Waals surface area contributed by atoms with E-state index in [1.165, 1.54) is 0 Å². The predicted octanol–water partition coefficient (Wildman–Crippen LogP) is 3.37. The average molecular weight is 282 g/mol. The van der Waals surface area contributed by atoms with Gasteiger partial charge in [0.15, 0.2) is 0 Å². The van der Waals surface area contributed by atoms with Crippen molar-refractivity contribution >= 4 is 23.4 Å². The summed E-state index contributed by atoms with van der Waals surface area (Å²) >= 11 is 1.87. The van der Waals surface area contributed by atoms with E-state index in [4.69, 9.17) is 0 Å². The predicted molar refractivity (Wildman–Crippen MR) is 86.4 cm³/mol. The van der Waals surface area contributed by atoms with Gasteiger partial charge < -0.3 is 10.6 Å². The van der Waals surface area contributed by atoms with E-state index in [2.05, 4.69) is 54.6 Å². The molecular formula is C14H26N4S. The first-order valence-electron chi connectivity index (χ1n) is 6.69. The molecule has 0 spiro atoms. The van der Waals surface area contributed by atoms with E-state index >= 15 is 0 Å². The van der Waals surface area contributed by atoms with Crippen molar-refractivity contribution in [3.8, 4) is 0 Å². The largest absolute Gasteiger partial charge is 0.373 e. The summed E-state index contributed by atoms with van der Waals surface area (Å²) in [5.74, 6) is 3.78. The molecule has 5 heteroatoms. The summed E-state index contributed by atoms with van der Waals surface area (Å²) in [6.07, 6.45) is 3.26. The van der Waals surface area contributed by atoms with Crippen LogP contribution in [-0.2, 0) is 5.41 Å². The smallest absolute Gasteiger partial charge is 0.138 e. The maximum atomic E-state index is 4.63. The van der Waals surface area contributed by atoms with Gasteiger partial charge in [-0.1, -0.05) is 20.8 Å². The first-order chi connectivity index (χ1) is 8.86. The fourth-order valence-electron chi connectivity index (χ4n) is 1.60. The van der Waals surface area contributed by atoms with Crippen LogP contribution in [0.5, 0.6) is 0 Å². The fraction of sp³-hybridized carbons (Fsp3) is 0.714. The lowest BCUT2D eigenvalue weighted by Crippen LogP contribution is -2.21. The van der Waals surface area contributed by atoms with E-state index in [0.717, 1.165) is 29.6 Å². The molecule has 2 N–H and O–H groups in total. The van der Waals surface area contributed by atoms with Crippen molar-refractivity contribution < 1.29 is 0 Å². The van der Waals surface area contributed by atoms with Crippen molar-refractivity contribution in [3.05, 3.63) is 11.9 Å². The van der Waals surface area contributed by atoms with Crippen molar-refractivity contribution in [3.63, 3.8) is 0 Å². The van der Waals surface area contributed by atoms with Crippen LogP contribution in [0.4, 0.5) is 11.6 Å². The normalized spacial score (nSPS) is 13.2. The van der Waals surface area contributed by atoms with Crippen molar-refractivity contribution in [2.24, 2.45) is 0 Å². The van der Waals surface area contributed by atoms with Crippen LogP contribution in [-0.4, -0.2) is 35.1 Å². The minimum atomic E-state index is -0.0498. The number of thioether (sulfide) groups is 1. The van der Waals surface area contributed by atoms with Crippen molar-refractivity contribution in [2.75, 3.05) is 29.7 Å². The molecule has 1 aromatic heterocycles. The third-order valence-corrected chi connectivity index (χ3v) is 3.45. The second-order valence-electron chi connectivity index (χ2n) is 5.79. The van der Waals surface area contributed by atoms with E-state index in [0.29, 0.717) is 6.04 Å². The maximum Gasteiger partial charge on any atom is 0.138 e. The molecule has 0 amide bonds. The zero-order valence-corrected chi connectivity index (χ0v) is 13.7. The highest BCUT2D eigenvalue weighted by Gasteiger charge is 2.19. The number of hydrogen-bond acceptors (Lipinski definition) is 5. The van der Waals surface area contributed by atoms with Crippen LogP contribution < -0.4 is 10.6 Å². The van der Waals surface area contributed by atoms with Gasteiger partial charge in [0.2, 0.25) is 0 Å². The molecule has 0 saturated carbocycles. The Morgan fingerprint density at radius 1 is 1.26 bits per heavy atom. The van der Waals surface area contributed by atoms with Gasteiger partial charge in [-0.15, -0.1) is 0 Å². The summed E-state index contributed by atoms with van der Waals surface area (Å²) in [6.45, 7) is 8.57. The molecule has 4 nitrogen and oxygen atoms in total. The third-order valence-electron chi connectivity index (χ3n) is 2.80. The van der Waals surface area contributed by atoms with Crippen LogP contribution in [0.3, 0.4) is 0 Å². The second-order valence-corrected chi connectivity index (χ2v) is 6.77. The molecule has 1 aromatic rings.